The SMILES string of the molecule is [CH2]CNC(=O)C(N)CCSC. The van der Waals surface area contributed by atoms with Crippen LogP contribution in [0.5, 0.6) is 0 Å². The molecule has 0 heterocycles. The van der Waals surface area contributed by atoms with Crippen LogP contribution in [0, 0.1) is 6.92 Å². The lowest BCUT2D eigenvalue weighted by molar-refractivity contribution is -0.122. The number of hydrogen-bond donors (Lipinski definition) is 2. The zero-order chi connectivity index (χ0) is 8.69. The number of nitrogens with two attached hydrogens (primary N) is 1. The molecule has 0 aliphatic heterocycles. The molecule has 1 unspecified atom stereocenters. The topological polar surface area (TPSA) is 55.1 Å². The maximum Gasteiger partial charge on any atom is 0.236 e. The van der Waals surface area contributed by atoms with Crippen LogP contribution in [0.2, 0.25) is 0 Å². The summed E-state index contributed by atoms with van der Waals surface area (Å²) in [6.45, 7) is 3.90. The Bertz CT molecular complexity index is 119. The van der Waals surface area contributed by atoms with Gasteiger partial charge in [-0.2, -0.15) is 11.8 Å². The highest BCUT2D eigenvalue weighted by molar-refractivity contribution is 7.98. The largest absolute Gasteiger partial charge is 0.355 e. The third kappa shape index (κ3) is 5.09. The smallest absolute Gasteiger partial charge is 0.236 e. The molecule has 1 atom stereocenters. The normalized spacial score (nSPS) is 12.6. The third-order valence-electron chi connectivity index (χ3n) is 1.27. The fourth-order valence-electron chi connectivity index (χ4n) is 0.630. The summed E-state index contributed by atoms with van der Waals surface area (Å²) in [5, 5.41) is 2.57. The van der Waals surface area contributed by atoms with E-state index in [1.165, 1.54) is 0 Å². The molecule has 1 radical (unpaired) electrons. The second kappa shape index (κ2) is 6.49. The highest BCUT2D eigenvalue weighted by Crippen LogP contribution is 1.98. The van der Waals surface area contributed by atoms with Crippen LogP contribution in [0.1, 0.15) is 6.42 Å². The highest BCUT2D eigenvalue weighted by Gasteiger charge is 2.10. The number of thioether (sulfide) groups is 1. The standard InChI is InChI=1S/C7H15N2OS/c1-3-9-7(10)6(8)4-5-11-2/h6H,1,3-5,8H2,2H3,(H,9,10). The van der Waals surface area contributed by atoms with Crippen molar-refractivity contribution in [3.63, 3.8) is 0 Å². The van der Waals surface area contributed by atoms with Crippen LogP contribution in [0.15, 0.2) is 0 Å². The molecule has 0 fully saturated rings. The first-order chi connectivity index (χ1) is 5.22. The molecule has 0 bridgehead atoms. The van der Waals surface area contributed by atoms with Crippen molar-refractivity contribution in [2.24, 2.45) is 5.73 Å². The Hall–Kier alpha value is -0.220. The summed E-state index contributed by atoms with van der Waals surface area (Å²) in [5.74, 6) is 0.820. The lowest BCUT2D eigenvalue weighted by atomic mass is 10.2. The molecule has 0 saturated heterocycles. The van der Waals surface area contributed by atoms with Gasteiger partial charge in [0.2, 0.25) is 5.91 Å². The first-order valence-corrected chi connectivity index (χ1v) is 4.93. The van der Waals surface area contributed by atoms with Crippen molar-refractivity contribution in [2.75, 3.05) is 18.6 Å². The second-order valence-electron chi connectivity index (χ2n) is 2.18. The number of hydrogen-bond acceptors (Lipinski definition) is 3. The minimum absolute atomic E-state index is 0.103. The lowest BCUT2D eigenvalue weighted by Crippen LogP contribution is -2.40. The van der Waals surface area contributed by atoms with E-state index >= 15 is 0 Å². The minimum Gasteiger partial charge on any atom is -0.355 e. The number of rotatable bonds is 5. The number of nitrogens with one attached hydrogen (secondary N) is 1. The van der Waals surface area contributed by atoms with Gasteiger partial charge in [-0.25, -0.2) is 0 Å². The van der Waals surface area contributed by atoms with Gasteiger partial charge in [0.1, 0.15) is 0 Å². The van der Waals surface area contributed by atoms with E-state index in [1.54, 1.807) is 11.8 Å². The van der Waals surface area contributed by atoms with Crippen molar-refractivity contribution in [3.05, 3.63) is 6.92 Å². The number of carbonyl (C=O) groups is 1. The van der Waals surface area contributed by atoms with Crippen molar-refractivity contribution < 1.29 is 4.79 Å². The maximum absolute atomic E-state index is 11.0. The van der Waals surface area contributed by atoms with Gasteiger partial charge in [-0.05, 0) is 25.4 Å². The van der Waals surface area contributed by atoms with Crippen molar-refractivity contribution in [3.8, 4) is 0 Å². The third-order valence-corrected chi connectivity index (χ3v) is 1.91. The molecule has 4 heteroatoms. The molecule has 0 aromatic rings. The van der Waals surface area contributed by atoms with E-state index in [9.17, 15) is 4.79 Å². The summed E-state index contributed by atoms with van der Waals surface area (Å²) in [6.07, 6.45) is 2.72. The molecular formula is C7H15N2OS. The molecule has 0 aliphatic carbocycles. The Morgan fingerprint density at radius 1 is 1.82 bits per heavy atom. The predicted molar refractivity (Wildman–Crippen MR) is 49.3 cm³/mol. The number of amides is 1. The average molecular weight is 175 g/mol. The zero-order valence-electron chi connectivity index (χ0n) is 6.80. The van der Waals surface area contributed by atoms with E-state index in [1.807, 2.05) is 6.26 Å². The molecule has 0 aromatic heterocycles. The monoisotopic (exact) mass is 175 g/mol. The molecule has 11 heavy (non-hydrogen) atoms. The summed E-state index contributed by atoms with van der Waals surface area (Å²) < 4.78 is 0. The lowest BCUT2D eigenvalue weighted by Gasteiger charge is -2.09. The van der Waals surface area contributed by atoms with Crippen LogP contribution in [-0.2, 0) is 4.79 Å². The van der Waals surface area contributed by atoms with E-state index in [0.29, 0.717) is 6.54 Å². The summed E-state index contributed by atoms with van der Waals surface area (Å²) in [6, 6.07) is -0.371. The second-order valence-corrected chi connectivity index (χ2v) is 3.16. The van der Waals surface area contributed by atoms with Gasteiger partial charge in [-0.3, -0.25) is 4.79 Å². The summed E-state index contributed by atoms with van der Waals surface area (Å²) in [5.41, 5.74) is 5.54. The number of carbonyl (C=O) groups excluding carboxylic acids is 1. The van der Waals surface area contributed by atoms with Crippen molar-refractivity contribution in [2.45, 2.75) is 12.5 Å². The average Bonchev–Trinajstić information content (AvgIpc) is 2.00. The molecule has 0 rings (SSSR count). The Labute approximate surface area is 72.1 Å². The quantitative estimate of drug-likeness (QED) is 0.619. The van der Waals surface area contributed by atoms with E-state index in [4.69, 9.17) is 5.73 Å². The van der Waals surface area contributed by atoms with Crippen LogP contribution < -0.4 is 11.1 Å². The fourth-order valence-corrected chi connectivity index (χ4v) is 1.12. The van der Waals surface area contributed by atoms with E-state index in [2.05, 4.69) is 12.2 Å². The molecular weight excluding hydrogens is 160 g/mol. The summed E-state index contributed by atoms with van der Waals surface area (Å²) in [4.78, 5) is 11.0. The van der Waals surface area contributed by atoms with E-state index < -0.39 is 0 Å². The van der Waals surface area contributed by atoms with Gasteiger partial charge in [0.15, 0.2) is 0 Å². The van der Waals surface area contributed by atoms with Gasteiger partial charge in [-0.15, -0.1) is 0 Å². The van der Waals surface area contributed by atoms with E-state index in [0.717, 1.165) is 12.2 Å². The van der Waals surface area contributed by atoms with Crippen molar-refractivity contribution >= 4 is 17.7 Å². The maximum atomic E-state index is 11.0. The molecule has 0 saturated carbocycles. The molecule has 3 N–H and O–H groups in total. The Balaban J connectivity index is 3.46. The fraction of sp³-hybridized carbons (Fsp3) is 0.714. The van der Waals surface area contributed by atoms with Gasteiger partial charge in [0, 0.05) is 6.54 Å². The van der Waals surface area contributed by atoms with Gasteiger partial charge >= 0.3 is 0 Å². The Morgan fingerprint density at radius 2 is 2.45 bits per heavy atom. The van der Waals surface area contributed by atoms with Crippen LogP contribution in [0.4, 0.5) is 0 Å². The van der Waals surface area contributed by atoms with Gasteiger partial charge < -0.3 is 11.1 Å². The first kappa shape index (κ1) is 10.8. The molecule has 0 aromatic carbocycles. The highest BCUT2D eigenvalue weighted by atomic mass is 32.2. The predicted octanol–water partition coefficient (Wildman–Crippen LogP) is 0.0171. The van der Waals surface area contributed by atoms with Crippen LogP contribution in [-0.4, -0.2) is 30.5 Å². The Morgan fingerprint density at radius 3 is 2.91 bits per heavy atom. The minimum atomic E-state index is -0.371. The van der Waals surface area contributed by atoms with Crippen molar-refractivity contribution in [1.82, 2.24) is 5.32 Å². The van der Waals surface area contributed by atoms with Crippen LogP contribution >= 0.6 is 11.8 Å². The van der Waals surface area contributed by atoms with Gasteiger partial charge in [-0.1, -0.05) is 0 Å². The molecule has 0 aliphatic rings. The first-order valence-electron chi connectivity index (χ1n) is 3.53. The zero-order valence-corrected chi connectivity index (χ0v) is 7.62. The Kier molecular flexibility index (Phi) is 6.36. The molecule has 0 spiro atoms. The molecule has 3 nitrogen and oxygen atoms in total. The van der Waals surface area contributed by atoms with E-state index in [-0.39, 0.29) is 11.9 Å². The van der Waals surface area contributed by atoms with Crippen LogP contribution in [0.3, 0.4) is 0 Å². The van der Waals surface area contributed by atoms with Gasteiger partial charge in [0.05, 0.1) is 6.04 Å². The molecule has 65 valence electrons. The summed E-state index contributed by atoms with van der Waals surface area (Å²) in [7, 11) is 0. The summed E-state index contributed by atoms with van der Waals surface area (Å²) >= 11 is 1.69. The van der Waals surface area contributed by atoms with Crippen LogP contribution in [0.25, 0.3) is 0 Å². The van der Waals surface area contributed by atoms with Gasteiger partial charge in [0.25, 0.3) is 0 Å². The van der Waals surface area contributed by atoms with Crippen molar-refractivity contribution in [1.29, 1.82) is 0 Å². The molecule has 1 amide bonds.